The third-order valence-electron chi connectivity index (χ3n) is 5.07. The number of ether oxygens (including phenoxy) is 1. The van der Waals surface area contributed by atoms with Gasteiger partial charge in [0.05, 0.1) is 0 Å². The summed E-state index contributed by atoms with van der Waals surface area (Å²) in [6.45, 7) is 5.22. The lowest BCUT2D eigenvalue weighted by Gasteiger charge is -2.31. The van der Waals surface area contributed by atoms with Crippen molar-refractivity contribution in [2.75, 3.05) is 32.9 Å². The summed E-state index contributed by atoms with van der Waals surface area (Å²) in [5.41, 5.74) is 1.38. The molecule has 1 aromatic rings. The van der Waals surface area contributed by atoms with Crippen LogP contribution in [-0.4, -0.2) is 70.7 Å². The second-order valence-electron chi connectivity index (χ2n) is 6.61. The molecule has 2 N–H and O–H groups in total. The quantitative estimate of drug-likeness (QED) is 0.811. The summed E-state index contributed by atoms with van der Waals surface area (Å²) < 4.78 is 7.11. The predicted molar refractivity (Wildman–Crippen MR) is 85.2 cm³/mol. The van der Waals surface area contributed by atoms with Crippen LogP contribution in [0.25, 0.3) is 0 Å². The van der Waals surface area contributed by atoms with Gasteiger partial charge in [-0.1, -0.05) is 0 Å². The number of aliphatic hydroxyl groups is 1. The molecular weight excluding hydrogens is 296 g/mol. The number of aryl methyl sites for hydroxylation is 2. The van der Waals surface area contributed by atoms with Crippen LogP contribution in [0.1, 0.15) is 29.0 Å². The number of amides is 1. The highest BCUT2D eigenvalue weighted by atomic mass is 16.5. The number of aliphatic hydroxyl groups excluding tert-OH is 1. The van der Waals surface area contributed by atoms with Gasteiger partial charge in [0, 0.05) is 63.7 Å². The van der Waals surface area contributed by atoms with Gasteiger partial charge in [-0.25, -0.2) is 0 Å². The Morgan fingerprint density at radius 2 is 2.17 bits per heavy atom. The first-order chi connectivity index (χ1) is 11.1. The Hall–Kier alpha value is -1.44. The highest BCUT2D eigenvalue weighted by molar-refractivity contribution is 5.92. The lowest BCUT2D eigenvalue weighted by Crippen LogP contribution is -2.43. The Labute approximate surface area is 136 Å². The van der Waals surface area contributed by atoms with Crippen LogP contribution in [0.2, 0.25) is 0 Å². The molecule has 0 spiro atoms. The topological polar surface area (TPSA) is 79.6 Å². The molecule has 0 radical (unpaired) electrons. The van der Waals surface area contributed by atoms with Gasteiger partial charge in [0.15, 0.2) is 0 Å². The molecule has 128 valence electrons. The number of carbonyl (C=O) groups is 1. The number of carbonyl (C=O) groups excluding carboxylic acids is 1. The van der Waals surface area contributed by atoms with Crippen LogP contribution in [0.5, 0.6) is 0 Å². The zero-order chi connectivity index (χ0) is 16.4. The summed E-state index contributed by atoms with van der Waals surface area (Å²) in [5, 5.41) is 16.9. The smallest absolute Gasteiger partial charge is 0.272 e. The molecule has 0 saturated carbocycles. The zero-order valence-electron chi connectivity index (χ0n) is 13.9. The van der Waals surface area contributed by atoms with Crippen molar-refractivity contribution in [2.45, 2.75) is 31.8 Å². The van der Waals surface area contributed by atoms with E-state index in [2.05, 4.69) is 15.3 Å². The van der Waals surface area contributed by atoms with E-state index in [4.69, 9.17) is 4.74 Å². The van der Waals surface area contributed by atoms with E-state index in [1.807, 2.05) is 14.0 Å². The monoisotopic (exact) mass is 322 g/mol. The number of aromatic nitrogens is 2. The largest absolute Gasteiger partial charge is 0.396 e. The summed E-state index contributed by atoms with van der Waals surface area (Å²) in [7, 11) is 1.82. The first kappa shape index (κ1) is 16.4. The van der Waals surface area contributed by atoms with Crippen molar-refractivity contribution in [3.8, 4) is 0 Å². The first-order valence-corrected chi connectivity index (χ1v) is 8.32. The van der Waals surface area contributed by atoms with Gasteiger partial charge in [0.1, 0.15) is 5.69 Å². The molecule has 7 heteroatoms. The normalized spacial score (nSPS) is 26.6. The molecule has 2 atom stereocenters. The Morgan fingerprint density at radius 3 is 2.78 bits per heavy atom. The average molecular weight is 322 g/mol. The minimum atomic E-state index is -0.161. The van der Waals surface area contributed by atoms with Crippen molar-refractivity contribution in [2.24, 2.45) is 13.0 Å². The van der Waals surface area contributed by atoms with Crippen LogP contribution in [0.4, 0.5) is 0 Å². The van der Waals surface area contributed by atoms with E-state index < -0.39 is 0 Å². The lowest BCUT2D eigenvalue weighted by atomic mass is 10.1. The van der Waals surface area contributed by atoms with E-state index in [9.17, 15) is 9.90 Å². The van der Waals surface area contributed by atoms with Crippen molar-refractivity contribution in [1.29, 1.82) is 0 Å². The van der Waals surface area contributed by atoms with Crippen LogP contribution in [0, 0.1) is 12.8 Å². The van der Waals surface area contributed by atoms with Gasteiger partial charge in [-0.15, -0.1) is 0 Å². The molecule has 1 aromatic heterocycles. The van der Waals surface area contributed by atoms with E-state index in [1.165, 1.54) is 0 Å². The fourth-order valence-corrected chi connectivity index (χ4v) is 3.52. The van der Waals surface area contributed by atoms with Gasteiger partial charge in [0.2, 0.25) is 0 Å². The molecule has 0 unspecified atom stereocenters. The van der Waals surface area contributed by atoms with Crippen molar-refractivity contribution >= 4 is 5.91 Å². The van der Waals surface area contributed by atoms with Crippen molar-refractivity contribution < 1.29 is 14.6 Å². The standard InChI is InChI=1S/C16H26N4O3/c1-11-7-14(18-19(11)2)16(22)17-15-9-20(8-12(15)10-21)13-3-5-23-6-4-13/h7,12-13,15,21H,3-6,8-10H2,1-2H3,(H,17,22)/t12-,15+/m0/s1. The highest BCUT2D eigenvalue weighted by Crippen LogP contribution is 2.24. The summed E-state index contributed by atoms with van der Waals surface area (Å²) in [6, 6.07) is 2.25. The molecule has 2 saturated heterocycles. The van der Waals surface area contributed by atoms with Gasteiger partial charge < -0.3 is 15.2 Å². The van der Waals surface area contributed by atoms with E-state index in [0.29, 0.717) is 11.7 Å². The van der Waals surface area contributed by atoms with Crippen molar-refractivity contribution in [3.63, 3.8) is 0 Å². The maximum absolute atomic E-state index is 12.4. The Bertz CT molecular complexity index is 534. The molecule has 3 rings (SSSR count). The van der Waals surface area contributed by atoms with E-state index >= 15 is 0 Å². The molecule has 2 aliphatic heterocycles. The molecule has 3 heterocycles. The van der Waals surface area contributed by atoms with Gasteiger partial charge in [-0.05, 0) is 25.8 Å². The fourth-order valence-electron chi connectivity index (χ4n) is 3.52. The van der Waals surface area contributed by atoms with Crippen molar-refractivity contribution in [1.82, 2.24) is 20.0 Å². The number of rotatable bonds is 4. The SMILES string of the molecule is Cc1cc(C(=O)N[C@@H]2CN(C3CCOCC3)C[C@H]2CO)nn1C. The summed E-state index contributed by atoms with van der Waals surface area (Å²) in [4.78, 5) is 14.8. The fraction of sp³-hybridized carbons (Fsp3) is 0.750. The third-order valence-corrected chi connectivity index (χ3v) is 5.07. The van der Waals surface area contributed by atoms with Crippen LogP contribution in [0.15, 0.2) is 6.07 Å². The van der Waals surface area contributed by atoms with Crippen LogP contribution in [-0.2, 0) is 11.8 Å². The predicted octanol–water partition coefficient (Wildman–Crippen LogP) is -0.0700. The molecule has 0 aliphatic carbocycles. The zero-order valence-corrected chi connectivity index (χ0v) is 13.9. The number of hydrogen-bond donors (Lipinski definition) is 2. The van der Waals surface area contributed by atoms with E-state index in [0.717, 1.165) is 44.8 Å². The number of nitrogens with zero attached hydrogens (tertiary/aromatic N) is 3. The number of nitrogens with one attached hydrogen (secondary N) is 1. The molecule has 2 aliphatic rings. The Kier molecular flexibility index (Phi) is 4.99. The Morgan fingerprint density at radius 1 is 1.43 bits per heavy atom. The number of likely N-dealkylation sites (tertiary alicyclic amines) is 1. The van der Waals surface area contributed by atoms with Gasteiger partial charge in [-0.3, -0.25) is 14.4 Å². The Balaban J connectivity index is 1.62. The first-order valence-electron chi connectivity index (χ1n) is 8.32. The lowest BCUT2D eigenvalue weighted by molar-refractivity contribution is 0.0398. The minimum Gasteiger partial charge on any atom is -0.396 e. The molecule has 2 fully saturated rings. The van der Waals surface area contributed by atoms with E-state index in [-0.39, 0.29) is 24.5 Å². The average Bonchev–Trinajstić information content (AvgIpc) is 3.12. The molecular formula is C16H26N4O3. The molecule has 1 amide bonds. The second-order valence-corrected chi connectivity index (χ2v) is 6.61. The van der Waals surface area contributed by atoms with Gasteiger partial charge in [-0.2, -0.15) is 5.10 Å². The number of hydrogen-bond acceptors (Lipinski definition) is 5. The second kappa shape index (κ2) is 6.98. The molecule has 7 nitrogen and oxygen atoms in total. The molecule has 0 bridgehead atoms. The maximum Gasteiger partial charge on any atom is 0.272 e. The summed E-state index contributed by atoms with van der Waals surface area (Å²) in [6.07, 6.45) is 2.05. The maximum atomic E-state index is 12.4. The van der Waals surface area contributed by atoms with Crippen LogP contribution >= 0.6 is 0 Å². The molecule has 0 aromatic carbocycles. The molecule has 23 heavy (non-hydrogen) atoms. The van der Waals surface area contributed by atoms with Crippen LogP contribution in [0.3, 0.4) is 0 Å². The van der Waals surface area contributed by atoms with Gasteiger partial charge in [0.25, 0.3) is 5.91 Å². The summed E-state index contributed by atoms with van der Waals surface area (Å²) >= 11 is 0. The van der Waals surface area contributed by atoms with E-state index in [1.54, 1.807) is 10.7 Å². The third kappa shape index (κ3) is 3.57. The summed E-state index contributed by atoms with van der Waals surface area (Å²) in [5.74, 6) is -0.0856. The van der Waals surface area contributed by atoms with Crippen molar-refractivity contribution in [3.05, 3.63) is 17.5 Å². The highest BCUT2D eigenvalue weighted by Gasteiger charge is 2.37. The minimum absolute atomic E-state index is 0.0299. The van der Waals surface area contributed by atoms with Crippen LogP contribution < -0.4 is 5.32 Å². The van der Waals surface area contributed by atoms with Gasteiger partial charge >= 0.3 is 0 Å².